The van der Waals surface area contributed by atoms with Crippen molar-refractivity contribution in [2.24, 2.45) is 12.0 Å². The summed E-state index contributed by atoms with van der Waals surface area (Å²) in [6, 6.07) is 10.1. The van der Waals surface area contributed by atoms with E-state index in [1.54, 1.807) is 13.2 Å². The monoisotopic (exact) mass is 325 g/mol. The van der Waals surface area contributed by atoms with Gasteiger partial charge in [0.2, 0.25) is 0 Å². The van der Waals surface area contributed by atoms with E-state index in [-0.39, 0.29) is 0 Å². The lowest BCUT2D eigenvalue weighted by Gasteiger charge is -2.11. The Labute approximate surface area is 141 Å². The zero-order chi connectivity index (χ0) is 16.8. The molecule has 3 rings (SSSR count). The van der Waals surface area contributed by atoms with Gasteiger partial charge in [0.1, 0.15) is 5.82 Å². The maximum atomic E-state index is 4.65. The molecule has 0 aliphatic rings. The Kier molecular flexibility index (Phi) is 5.10. The molecule has 0 spiro atoms. The maximum absolute atomic E-state index is 4.65. The van der Waals surface area contributed by atoms with Crippen LogP contribution in [-0.2, 0) is 20.1 Å². The number of fused-ring (bicyclic) bond motifs is 1. The maximum Gasteiger partial charge on any atom is 0.191 e. The molecule has 0 atom stereocenters. The van der Waals surface area contributed by atoms with E-state index in [1.165, 1.54) is 0 Å². The lowest BCUT2D eigenvalue weighted by atomic mass is 10.3. The largest absolute Gasteiger partial charge is 0.356 e. The molecule has 0 saturated carbocycles. The van der Waals surface area contributed by atoms with E-state index in [2.05, 4.69) is 36.3 Å². The topological polar surface area (TPSA) is 72.1 Å². The second kappa shape index (κ2) is 7.63. The number of guanidine groups is 1. The molecule has 0 aliphatic carbocycles. The molecule has 2 aromatic heterocycles. The van der Waals surface area contributed by atoms with E-state index in [4.69, 9.17) is 0 Å². The summed E-state index contributed by atoms with van der Waals surface area (Å²) in [6.07, 6.45) is 4.75. The van der Waals surface area contributed by atoms with Gasteiger partial charge in [-0.1, -0.05) is 12.1 Å². The van der Waals surface area contributed by atoms with Crippen molar-refractivity contribution in [1.82, 2.24) is 30.0 Å². The van der Waals surface area contributed by atoms with Gasteiger partial charge in [0, 0.05) is 39.6 Å². The molecule has 1 aromatic carbocycles. The molecule has 0 radical (unpaired) electrons. The molecule has 0 bridgehead atoms. The Hall–Kier alpha value is -2.83. The Morgan fingerprint density at radius 2 is 2.08 bits per heavy atom. The van der Waals surface area contributed by atoms with Crippen LogP contribution in [0.4, 0.5) is 0 Å². The molecule has 126 valence electrons. The fraction of sp³-hybridized carbons (Fsp3) is 0.353. The van der Waals surface area contributed by atoms with E-state index >= 15 is 0 Å². The SMILES string of the molecule is CN=C(NCCCn1cccn1)NCc1nc2ccccc2n1C. The van der Waals surface area contributed by atoms with E-state index in [0.29, 0.717) is 6.54 Å². The summed E-state index contributed by atoms with van der Waals surface area (Å²) in [5, 5.41) is 10.8. The Morgan fingerprint density at radius 1 is 1.21 bits per heavy atom. The number of benzene rings is 1. The van der Waals surface area contributed by atoms with E-state index in [9.17, 15) is 0 Å². The zero-order valence-electron chi connectivity index (χ0n) is 14.1. The van der Waals surface area contributed by atoms with Crippen molar-refractivity contribution < 1.29 is 0 Å². The average Bonchev–Trinajstić information content (AvgIpc) is 3.23. The first-order chi connectivity index (χ1) is 11.8. The molecule has 0 fully saturated rings. The number of aromatic nitrogens is 4. The van der Waals surface area contributed by atoms with E-state index in [0.717, 1.165) is 42.3 Å². The normalized spacial score (nSPS) is 11.8. The summed E-state index contributed by atoms with van der Waals surface area (Å²) in [5.41, 5.74) is 2.15. The standard InChI is InChI=1S/C17H23N7/c1-18-17(19-9-5-11-24-12-6-10-21-24)20-13-16-22-14-7-3-4-8-15(14)23(16)2/h3-4,6-8,10,12H,5,9,11,13H2,1-2H3,(H2,18,19,20). The first kappa shape index (κ1) is 16.0. The van der Waals surface area contributed by atoms with E-state index < -0.39 is 0 Å². The number of hydrogen-bond acceptors (Lipinski definition) is 3. The van der Waals surface area contributed by atoms with Crippen LogP contribution in [0, 0.1) is 0 Å². The molecular formula is C17H23N7. The van der Waals surface area contributed by atoms with Crippen LogP contribution in [0.2, 0.25) is 0 Å². The molecule has 7 heteroatoms. The first-order valence-electron chi connectivity index (χ1n) is 8.10. The van der Waals surface area contributed by atoms with Crippen molar-refractivity contribution in [2.75, 3.05) is 13.6 Å². The van der Waals surface area contributed by atoms with Crippen LogP contribution in [0.25, 0.3) is 11.0 Å². The first-order valence-corrected chi connectivity index (χ1v) is 8.10. The predicted octanol–water partition coefficient (Wildman–Crippen LogP) is 1.53. The summed E-state index contributed by atoms with van der Waals surface area (Å²) in [5.74, 6) is 1.76. The highest BCUT2D eigenvalue weighted by Gasteiger charge is 2.07. The van der Waals surface area contributed by atoms with Gasteiger partial charge in [-0.2, -0.15) is 5.10 Å². The van der Waals surface area contributed by atoms with Crippen molar-refractivity contribution in [3.63, 3.8) is 0 Å². The van der Waals surface area contributed by atoms with Gasteiger partial charge in [0.05, 0.1) is 17.6 Å². The van der Waals surface area contributed by atoms with Crippen molar-refractivity contribution in [3.8, 4) is 0 Å². The smallest absolute Gasteiger partial charge is 0.191 e. The van der Waals surface area contributed by atoms with Crippen LogP contribution in [0.3, 0.4) is 0 Å². The van der Waals surface area contributed by atoms with Crippen molar-refractivity contribution in [1.29, 1.82) is 0 Å². The fourth-order valence-electron chi connectivity index (χ4n) is 2.62. The predicted molar refractivity (Wildman–Crippen MR) is 95.8 cm³/mol. The molecule has 0 saturated heterocycles. The molecule has 2 N–H and O–H groups in total. The summed E-state index contributed by atoms with van der Waals surface area (Å²) in [7, 11) is 3.81. The second-order valence-electron chi connectivity index (χ2n) is 5.55. The molecule has 24 heavy (non-hydrogen) atoms. The highest BCUT2D eigenvalue weighted by molar-refractivity contribution is 5.80. The van der Waals surface area contributed by atoms with Crippen LogP contribution in [0.1, 0.15) is 12.2 Å². The third-order valence-corrected chi connectivity index (χ3v) is 3.93. The fourth-order valence-corrected chi connectivity index (χ4v) is 2.62. The second-order valence-corrected chi connectivity index (χ2v) is 5.55. The minimum atomic E-state index is 0.629. The summed E-state index contributed by atoms with van der Waals surface area (Å²) >= 11 is 0. The molecule has 0 aliphatic heterocycles. The lowest BCUT2D eigenvalue weighted by molar-refractivity contribution is 0.569. The number of para-hydroxylation sites is 2. The van der Waals surface area contributed by atoms with Crippen LogP contribution in [-0.4, -0.2) is 38.9 Å². The van der Waals surface area contributed by atoms with Crippen LogP contribution in [0.5, 0.6) is 0 Å². The van der Waals surface area contributed by atoms with Gasteiger partial charge in [-0.3, -0.25) is 9.67 Å². The Bertz CT molecular complexity index is 802. The molecule has 2 heterocycles. The molecular weight excluding hydrogens is 302 g/mol. The molecule has 7 nitrogen and oxygen atoms in total. The highest BCUT2D eigenvalue weighted by atomic mass is 15.3. The highest BCUT2D eigenvalue weighted by Crippen LogP contribution is 2.13. The zero-order valence-corrected chi connectivity index (χ0v) is 14.1. The van der Waals surface area contributed by atoms with Gasteiger partial charge in [-0.15, -0.1) is 0 Å². The van der Waals surface area contributed by atoms with Crippen molar-refractivity contribution in [2.45, 2.75) is 19.5 Å². The van der Waals surface area contributed by atoms with Gasteiger partial charge in [-0.05, 0) is 24.6 Å². The Morgan fingerprint density at radius 3 is 2.83 bits per heavy atom. The number of nitrogens with zero attached hydrogens (tertiary/aromatic N) is 5. The van der Waals surface area contributed by atoms with Crippen LogP contribution >= 0.6 is 0 Å². The third-order valence-electron chi connectivity index (χ3n) is 3.93. The summed E-state index contributed by atoms with van der Waals surface area (Å²) in [6.45, 7) is 2.35. The van der Waals surface area contributed by atoms with Crippen molar-refractivity contribution >= 4 is 17.0 Å². The van der Waals surface area contributed by atoms with E-state index in [1.807, 2.05) is 42.2 Å². The van der Waals surface area contributed by atoms with Crippen LogP contribution in [0.15, 0.2) is 47.7 Å². The summed E-state index contributed by atoms with van der Waals surface area (Å²) in [4.78, 5) is 8.91. The number of imidazole rings is 1. The average molecular weight is 325 g/mol. The van der Waals surface area contributed by atoms with Gasteiger partial charge < -0.3 is 15.2 Å². The van der Waals surface area contributed by atoms with Gasteiger partial charge in [0.25, 0.3) is 0 Å². The summed E-state index contributed by atoms with van der Waals surface area (Å²) < 4.78 is 4.03. The minimum absolute atomic E-state index is 0.629. The van der Waals surface area contributed by atoms with Gasteiger partial charge in [-0.25, -0.2) is 4.98 Å². The Balaban J connectivity index is 1.49. The number of aliphatic imine (C=N–C) groups is 1. The molecule has 3 aromatic rings. The lowest BCUT2D eigenvalue weighted by Crippen LogP contribution is -2.38. The minimum Gasteiger partial charge on any atom is -0.356 e. The number of hydrogen-bond donors (Lipinski definition) is 2. The van der Waals surface area contributed by atoms with Crippen LogP contribution < -0.4 is 10.6 Å². The molecule has 0 amide bonds. The van der Waals surface area contributed by atoms with Gasteiger partial charge >= 0.3 is 0 Å². The number of nitrogens with one attached hydrogen (secondary N) is 2. The van der Waals surface area contributed by atoms with Gasteiger partial charge in [0.15, 0.2) is 5.96 Å². The number of aryl methyl sites for hydroxylation is 2. The number of rotatable bonds is 6. The quantitative estimate of drug-likeness (QED) is 0.409. The van der Waals surface area contributed by atoms with Crippen molar-refractivity contribution in [3.05, 3.63) is 48.5 Å². The molecule has 0 unspecified atom stereocenters. The third kappa shape index (κ3) is 3.73.